The molecule has 2 aromatic rings. The summed E-state index contributed by atoms with van der Waals surface area (Å²) in [5.41, 5.74) is 1.86. The van der Waals surface area contributed by atoms with Gasteiger partial charge < -0.3 is 15.0 Å². The molecule has 2 rings (SSSR count). The van der Waals surface area contributed by atoms with E-state index in [-0.39, 0.29) is 18.2 Å². The van der Waals surface area contributed by atoms with E-state index in [4.69, 9.17) is 0 Å². The molecule has 0 spiro atoms. The summed E-state index contributed by atoms with van der Waals surface area (Å²) in [4.78, 5) is 22.5. The number of amides is 1. The fraction of sp³-hybridized carbons (Fsp3) is 0.286. The molecule has 0 aliphatic carbocycles. The zero-order valence-corrected chi connectivity index (χ0v) is 17.0. The highest BCUT2D eigenvalue weighted by Crippen LogP contribution is 2.28. The number of benzene rings is 1. The van der Waals surface area contributed by atoms with Crippen molar-refractivity contribution in [1.29, 1.82) is 0 Å². The molecule has 0 bridgehead atoms. The number of carbonyl (C=O) groups excluding carboxylic acids is 1. The van der Waals surface area contributed by atoms with Gasteiger partial charge in [-0.15, -0.1) is 13.2 Å². The third-order valence-corrected chi connectivity index (χ3v) is 4.08. The van der Waals surface area contributed by atoms with E-state index in [9.17, 15) is 18.0 Å². The summed E-state index contributed by atoms with van der Waals surface area (Å²) in [6.07, 6.45) is 1.06. The summed E-state index contributed by atoms with van der Waals surface area (Å²) < 4.78 is 41.1. The number of rotatable bonds is 8. The molecular formula is C21H23F3N4O2. The first kappa shape index (κ1) is 22.9. The van der Waals surface area contributed by atoms with Crippen molar-refractivity contribution in [2.45, 2.75) is 33.2 Å². The zero-order chi connectivity index (χ0) is 22.3. The highest BCUT2D eigenvalue weighted by atomic mass is 19.4. The number of hydrogen-bond acceptors (Lipinski definition) is 5. The predicted molar refractivity (Wildman–Crippen MR) is 109 cm³/mol. The van der Waals surface area contributed by atoms with Crippen LogP contribution in [0, 0.1) is 6.92 Å². The summed E-state index contributed by atoms with van der Waals surface area (Å²) in [7, 11) is 1.83. The third-order valence-electron chi connectivity index (χ3n) is 4.08. The lowest BCUT2D eigenvalue weighted by molar-refractivity contribution is -0.274. The van der Waals surface area contributed by atoms with Crippen LogP contribution in [0.2, 0.25) is 0 Å². The van der Waals surface area contributed by atoms with E-state index in [1.165, 1.54) is 24.3 Å². The van der Waals surface area contributed by atoms with Crippen LogP contribution in [0.5, 0.6) is 5.75 Å². The van der Waals surface area contributed by atoms with Crippen LogP contribution in [0.25, 0.3) is 11.4 Å². The van der Waals surface area contributed by atoms with Crippen LogP contribution in [0.3, 0.4) is 0 Å². The highest BCUT2D eigenvalue weighted by Gasteiger charge is 2.31. The molecule has 0 atom stereocenters. The largest absolute Gasteiger partial charge is 0.573 e. The summed E-state index contributed by atoms with van der Waals surface area (Å²) in [6.45, 7) is 7.41. The summed E-state index contributed by atoms with van der Waals surface area (Å²) in [5, 5.41) is 2.68. The number of allylic oxidation sites excluding steroid dienone is 1. The second-order valence-corrected chi connectivity index (χ2v) is 6.34. The third kappa shape index (κ3) is 6.33. The molecule has 0 saturated carbocycles. The van der Waals surface area contributed by atoms with Gasteiger partial charge in [0.2, 0.25) is 5.91 Å². The number of nitrogens with zero attached hydrogens (tertiary/aromatic N) is 3. The monoisotopic (exact) mass is 420 g/mol. The van der Waals surface area contributed by atoms with Crippen molar-refractivity contribution in [2.24, 2.45) is 0 Å². The van der Waals surface area contributed by atoms with Crippen molar-refractivity contribution in [2.75, 3.05) is 11.9 Å². The molecule has 1 N–H and O–H groups in total. The average Bonchev–Trinajstić information content (AvgIpc) is 2.70. The van der Waals surface area contributed by atoms with Gasteiger partial charge in [0.05, 0.1) is 12.2 Å². The second kappa shape index (κ2) is 9.91. The van der Waals surface area contributed by atoms with Crippen molar-refractivity contribution in [1.82, 2.24) is 15.3 Å². The van der Waals surface area contributed by atoms with Crippen molar-refractivity contribution in [3.05, 3.63) is 60.5 Å². The van der Waals surface area contributed by atoms with Crippen LogP contribution >= 0.6 is 0 Å². The fourth-order valence-corrected chi connectivity index (χ4v) is 2.58. The zero-order valence-electron chi connectivity index (χ0n) is 17.0. The highest BCUT2D eigenvalue weighted by molar-refractivity contribution is 5.86. The Balaban J connectivity index is 2.45. The molecule has 0 fully saturated rings. The molecule has 160 valence electrons. The van der Waals surface area contributed by atoms with E-state index in [1.54, 1.807) is 0 Å². The smallest absolute Gasteiger partial charge is 0.406 e. The summed E-state index contributed by atoms with van der Waals surface area (Å²) >= 11 is 0. The molecule has 0 aliphatic rings. The van der Waals surface area contributed by atoms with Crippen molar-refractivity contribution in [3.63, 3.8) is 0 Å². The Hall–Kier alpha value is -3.36. The lowest BCUT2D eigenvalue weighted by Gasteiger charge is -2.19. The quantitative estimate of drug-likeness (QED) is 0.637. The Labute approximate surface area is 173 Å². The first-order valence-corrected chi connectivity index (χ1v) is 9.18. The molecule has 0 aliphatic heterocycles. The molecule has 1 heterocycles. The van der Waals surface area contributed by atoms with E-state index in [2.05, 4.69) is 26.6 Å². The van der Waals surface area contributed by atoms with E-state index in [0.717, 1.165) is 18.1 Å². The fourth-order valence-electron chi connectivity index (χ4n) is 2.58. The second-order valence-electron chi connectivity index (χ2n) is 6.34. The first-order valence-electron chi connectivity index (χ1n) is 9.18. The normalized spacial score (nSPS) is 11.4. The molecule has 0 unspecified atom stereocenters. The average molecular weight is 420 g/mol. The van der Waals surface area contributed by atoms with Crippen molar-refractivity contribution < 1.29 is 22.7 Å². The van der Waals surface area contributed by atoms with Gasteiger partial charge in [-0.25, -0.2) is 9.97 Å². The van der Waals surface area contributed by atoms with Crippen LogP contribution in [-0.2, 0) is 11.3 Å². The number of ether oxygens (including phenoxy) is 1. The van der Waals surface area contributed by atoms with Crippen LogP contribution in [0.1, 0.15) is 24.6 Å². The summed E-state index contributed by atoms with van der Waals surface area (Å²) in [6, 6.07) is 5.30. The van der Waals surface area contributed by atoms with Gasteiger partial charge in [-0.3, -0.25) is 4.79 Å². The van der Waals surface area contributed by atoms with Gasteiger partial charge in [0.1, 0.15) is 11.6 Å². The Morgan fingerprint density at radius 3 is 2.50 bits per heavy atom. The first-order chi connectivity index (χ1) is 14.1. The Bertz CT molecular complexity index is 925. The SMILES string of the molecule is C=CC(=O)NCc1nc(-c2ccc(OC(F)(F)F)cc2)nc(N(C)/C=C/CC)c1C. The predicted octanol–water partition coefficient (Wildman–Crippen LogP) is 4.51. The maximum Gasteiger partial charge on any atom is 0.573 e. The minimum Gasteiger partial charge on any atom is -0.406 e. The van der Waals surface area contributed by atoms with Crippen LogP contribution in [-0.4, -0.2) is 29.3 Å². The minimum absolute atomic E-state index is 0.153. The van der Waals surface area contributed by atoms with Gasteiger partial charge in [0.15, 0.2) is 5.82 Å². The molecule has 1 aromatic heterocycles. The van der Waals surface area contributed by atoms with Gasteiger partial charge in [0, 0.05) is 24.4 Å². The lowest BCUT2D eigenvalue weighted by Crippen LogP contribution is -2.23. The Morgan fingerprint density at radius 1 is 1.27 bits per heavy atom. The number of hydrogen-bond donors (Lipinski definition) is 1. The Kier molecular flexibility index (Phi) is 7.57. The van der Waals surface area contributed by atoms with Gasteiger partial charge in [0.25, 0.3) is 0 Å². The number of anilines is 1. The van der Waals surface area contributed by atoms with Crippen molar-refractivity contribution in [3.8, 4) is 17.1 Å². The van der Waals surface area contributed by atoms with E-state index >= 15 is 0 Å². The van der Waals surface area contributed by atoms with E-state index in [1.807, 2.05) is 38.1 Å². The molecule has 1 amide bonds. The molecule has 9 heteroatoms. The maximum atomic E-state index is 12.4. The minimum atomic E-state index is -4.76. The van der Waals surface area contributed by atoms with E-state index in [0.29, 0.717) is 22.9 Å². The van der Waals surface area contributed by atoms with Gasteiger partial charge in [-0.05, 0) is 43.7 Å². The number of halogens is 3. The standard InChI is InChI=1S/C21H23F3N4O2/c1-5-7-12-28(4)20-14(3)17(13-25-18(29)6-2)26-19(27-20)15-8-10-16(11-9-15)30-21(22,23)24/h6-12H,2,5,13H2,1,3-4H3,(H,25,29)/b12-7+. The maximum absolute atomic E-state index is 12.4. The molecule has 6 nitrogen and oxygen atoms in total. The summed E-state index contributed by atoms with van der Waals surface area (Å²) in [5.74, 6) is 0.251. The Morgan fingerprint density at radius 2 is 1.93 bits per heavy atom. The van der Waals surface area contributed by atoms with Crippen LogP contribution in [0.15, 0.2) is 49.2 Å². The number of carbonyl (C=O) groups is 1. The van der Waals surface area contributed by atoms with Gasteiger partial charge in [-0.1, -0.05) is 19.6 Å². The molecule has 0 radical (unpaired) electrons. The number of aromatic nitrogens is 2. The molecule has 0 saturated heterocycles. The van der Waals surface area contributed by atoms with Gasteiger partial charge in [-0.2, -0.15) is 0 Å². The number of nitrogens with one attached hydrogen (secondary N) is 1. The lowest BCUT2D eigenvalue weighted by atomic mass is 10.1. The molecule has 30 heavy (non-hydrogen) atoms. The van der Waals surface area contributed by atoms with Crippen LogP contribution < -0.4 is 15.0 Å². The number of alkyl halides is 3. The van der Waals surface area contributed by atoms with Crippen molar-refractivity contribution >= 4 is 11.7 Å². The van der Waals surface area contributed by atoms with E-state index < -0.39 is 6.36 Å². The topological polar surface area (TPSA) is 67.3 Å². The van der Waals surface area contributed by atoms with Crippen LogP contribution in [0.4, 0.5) is 19.0 Å². The molecular weight excluding hydrogens is 397 g/mol. The van der Waals surface area contributed by atoms with Gasteiger partial charge >= 0.3 is 6.36 Å². The molecule has 1 aromatic carbocycles.